The van der Waals surface area contributed by atoms with Gasteiger partial charge < -0.3 is 11.1 Å². The van der Waals surface area contributed by atoms with Crippen molar-refractivity contribution in [2.75, 3.05) is 11.9 Å². The number of halogens is 1. The number of pyridine rings is 1. The van der Waals surface area contributed by atoms with Crippen LogP contribution in [-0.4, -0.2) is 17.5 Å². The van der Waals surface area contributed by atoms with Crippen LogP contribution in [-0.2, 0) is 5.41 Å². The Labute approximate surface area is 141 Å². The lowest BCUT2D eigenvalue weighted by atomic mass is 9.96. The molecule has 0 bridgehead atoms. The molecule has 3 N–H and O–H groups in total. The molecule has 1 saturated carbocycles. The average Bonchev–Trinajstić information content (AvgIpc) is 3.28. The van der Waals surface area contributed by atoms with Gasteiger partial charge in [0.25, 0.3) is 0 Å². The second kappa shape index (κ2) is 6.89. The molecule has 0 spiro atoms. The number of anilines is 1. The van der Waals surface area contributed by atoms with Gasteiger partial charge in [-0.25, -0.2) is 4.98 Å². The van der Waals surface area contributed by atoms with Gasteiger partial charge in [-0.05, 0) is 30.5 Å². The van der Waals surface area contributed by atoms with Crippen molar-refractivity contribution >= 4 is 35.8 Å². The highest BCUT2D eigenvalue weighted by atomic mass is 127. The largest absolute Gasteiger partial charge is 0.370 e. The van der Waals surface area contributed by atoms with Crippen LogP contribution in [0.25, 0.3) is 0 Å². The molecule has 2 aromatic rings. The molecule has 0 unspecified atom stereocenters. The quantitative estimate of drug-likeness (QED) is 0.476. The molecule has 0 saturated heterocycles. The fourth-order valence-corrected chi connectivity index (χ4v) is 2.32. The van der Waals surface area contributed by atoms with Crippen LogP contribution in [0.4, 0.5) is 5.82 Å². The zero-order valence-electron chi connectivity index (χ0n) is 11.7. The molecule has 3 rings (SSSR count). The standard InChI is InChI=1S/C16H18N4.HI/c17-15(20-14-8-4-5-11-18-14)19-12-16(9-10-16)13-6-2-1-3-7-13;/h1-8,11H,9-10,12H2,(H3,17,18,19,20);1H. The van der Waals surface area contributed by atoms with Crippen molar-refractivity contribution in [2.45, 2.75) is 18.3 Å². The van der Waals surface area contributed by atoms with E-state index in [1.807, 2.05) is 24.3 Å². The first-order valence-electron chi connectivity index (χ1n) is 6.82. The summed E-state index contributed by atoms with van der Waals surface area (Å²) < 4.78 is 0. The highest BCUT2D eigenvalue weighted by Gasteiger charge is 2.43. The highest BCUT2D eigenvalue weighted by Crippen LogP contribution is 2.48. The molecular formula is C16H19IN4. The van der Waals surface area contributed by atoms with E-state index < -0.39 is 0 Å². The van der Waals surface area contributed by atoms with Gasteiger partial charge in [-0.15, -0.1) is 24.0 Å². The lowest BCUT2D eigenvalue weighted by Gasteiger charge is -2.13. The van der Waals surface area contributed by atoms with E-state index in [2.05, 4.69) is 39.6 Å². The number of nitrogens with two attached hydrogens (primary N) is 1. The number of guanidine groups is 1. The molecule has 1 aliphatic carbocycles. The van der Waals surface area contributed by atoms with Crippen molar-refractivity contribution in [3.05, 3.63) is 60.3 Å². The summed E-state index contributed by atoms with van der Waals surface area (Å²) >= 11 is 0. The molecule has 0 amide bonds. The Morgan fingerprint density at radius 2 is 1.86 bits per heavy atom. The van der Waals surface area contributed by atoms with Gasteiger partial charge in [0.15, 0.2) is 5.96 Å². The third-order valence-electron chi connectivity index (χ3n) is 3.71. The number of hydrogen-bond donors (Lipinski definition) is 2. The van der Waals surface area contributed by atoms with Crippen LogP contribution in [0.5, 0.6) is 0 Å². The number of hydrogen-bond acceptors (Lipinski definition) is 2. The van der Waals surface area contributed by atoms with E-state index in [9.17, 15) is 0 Å². The summed E-state index contributed by atoms with van der Waals surface area (Å²) in [7, 11) is 0. The number of aromatic nitrogens is 1. The smallest absolute Gasteiger partial charge is 0.194 e. The molecule has 1 aliphatic rings. The van der Waals surface area contributed by atoms with Crippen molar-refractivity contribution in [3.8, 4) is 0 Å². The molecule has 1 aromatic carbocycles. The Morgan fingerprint density at radius 1 is 1.14 bits per heavy atom. The van der Waals surface area contributed by atoms with Gasteiger partial charge >= 0.3 is 0 Å². The third-order valence-corrected chi connectivity index (χ3v) is 3.71. The van der Waals surface area contributed by atoms with E-state index in [1.165, 1.54) is 18.4 Å². The Bertz CT molecular complexity index is 594. The van der Waals surface area contributed by atoms with Crippen molar-refractivity contribution < 1.29 is 0 Å². The van der Waals surface area contributed by atoms with Crippen LogP contribution in [0.2, 0.25) is 0 Å². The van der Waals surface area contributed by atoms with E-state index >= 15 is 0 Å². The second-order valence-corrected chi connectivity index (χ2v) is 5.19. The van der Waals surface area contributed by atoms with Gasteiger partial charge in [-0.3, -0.25) is 4.99 Å². The minimum atomic E-state index is 0. The summed E-state index contributed by atoms with van der Waals surface area (Å²) in [6, 6.07) is 16.2. The van der Waals surface area contributed by atoms with Gasteiger partial charge in [-0.2, -0.15) is 0 Å². The molecule has 1 heterocycles. The summed E-state index contributed by atoms with van der Waals surface area (Å²) in [6.07, 6.45) is 4.08. The lowest BCUT2D eigenvalue weighted by Crippen LogP contribution is -2.25. The summed E-state index contributed by atoms with van der Waals surface area (Å²) in [5, 5.41) is 3.01. The summed E-state index contributed by atoms with van der Waals surface area (Å²) in [5.41, 5.74) is 7.47. The second-order valence-electron chi connectivity index (χ2n) is 5.19. The van der Waals surface area contributed by atoms with E-state index in [0.717, 1.165) is 12.4 Å². The summed E-state index contributed by atoms with van der Waals surface area (Å²) in [5.74, 6) is 1.14. The molecular weight excluding hydrogens is 375 g/mol. The number of benzene rings is 1. The fraction of sp³-hybridized carbons (Fsp3) is 0.250. The number of rotatable bonds is 4. The van der Waals surface area contributed by atoms with E-state index in [4.69, 9.17) is 5.73 Å². The molecule has 5 heteroatoms. The van der Waals surface area contributed by atoms with Crippen molar-refractivity contribution in [2.24, 2.45) is 10.7 Å². The summed E-state index contributed by atoms with van der Waals surface area (Å²) in [6.45, 7) is 0.725. The third kappa shape index (κ3) is 3.93. The number of aliphatic imine (C=N–C) groups is 1. The lowest BCUT2D eigenvalue weighted by molar-refractivity contribution is 0.705. The van der Waals surface area contributed by atoms with Gasteiger partial charge in [-0.1, -0.05) is 36.4 Å². The Hall–Kier alpha value is -1.63. The van der Waals surface area contributed by atoms with Crippen molar-refractivity contribution in [3.63, 3.8) is 0 Å². The van der Waals surface area contributed by atoms with Gasteiger partial charge in [0.1, 0.15) is 5.82 Å². The van der Waals surface area contributed by atoms with Gasteiger partial charge in [0, 0.05) is 11.6 Å². The van der Waals surface area contributed by atoms with E-state index in [-0.39, 0.29) is 29.4 Å². The highest BCUT2D eigenvalue weighted by molar-refractivity contribution is 14.0. The SMILES string of the molecule is I.NC(=NCC1(c2ccccc2)CC1)Nc1ccccn1. The van der Waals surface area contributed by atoms with Crippen LogP contribution in [0.1, 0.15) is 18.4 Å². The molecule has 4 nitrogen and oxygen atoms in total. The Balaban J connectivity index is 0.00000161. The number of nitrogens with one attached hydrogen (secondary N) is 1. The van der Waals surface area contributed by atoms with Crippen LogP contribution in [0.15, 0.2) is 59.7 Å². The first-order valence-corrected chi connectivity index (χ1v) is 6.82. The zero-order valence-corrected chi connectivity index (χ0v) is 14.0. The Kier molecular flexibility index (Phi) is 5.17. The molecule has 21 heavy (non-hydrogen) atoms. The maximum atomic E-state index is 5.92. The average molecular weight is 394 g/mol. The Morgan fingerprint density at radius 3 is 2.48 bits per heavy atom. The van der Waals surface area contributed by atoms with Crippen LogP contribution in [0.3, 0.4) is 0 Å². The number of nitrogens with zero attached hydrogens (tertiary/aromatic N) is 2. The molecule has 0 radical (unpaired) electrons. The maximum absolute atomic E-state index is 5.92. The van der Waals surface area contributed by atoms with Crippen molar-refractivity contribution in [1.29, 1.82) is 0 Å². The predicted octanol–water partition coefficient (Wildman–Crippen LogP) is 3.16. The molecule has 0 atom stereocenters. The van der Waals surface area contributed by atoms with Crippen LogP contribution >= 0.6 is 24.0 Å². The molecule has 0 aliphatic heterocycles. The molecule has 1 fully saturated rings. The van der Waals surface area contributed by atoms with E-state index in [0.29, 0.717) is 5.96 Å². The predicted molar refractivity (Wildman–Crippen MR) is 97.1 cm³/mol. The van der Waals surface area contributed by atoms with Crippen LogP contribution in [0, 0.1) is 0 Å². The topological polar surface area (TPSA) is 63.3 Å². The van der Waals surface area contributed by atoms with E-state index in [1.54, 1.807) is 6.20 Å². The molecule has 1 aromatic heterocycles. The van der Waals surface area contributed by atoms with Gasteiger partial charge in [0.2, 0.25) is 0 Å². The van der Waals surface area contributed by atoms with Crippen molar-refractivity contribution in [1.82, 2.24) is 4.98 Å². The normalized spacial score (nSPS) is 15.9. The van der Waals surface area contributed by atoms with Gasteiger partial charge in [0.05, 0.1) is 6.54 Å². The monoisotopic (exact) mass is 394 g/mol. The first kappa shape index (κ1) is 15.8. The minimum absolute atomic E-state index is 0. The molecule has 110 valence electrons. The first-order chi connectivity index (χ1) is 9.78. The summed E-state index contributed by atoms with van der Waals surface area (Å²) in [4.78, 5) is 8.64. The maximum Gasteiger partial charge on any atom is 0.194 e. The minimum Gasteiger partial charge on any atom is -0.370 e. The zero-order chi connectivity index (χ0) is 13.8. The fourth-order valence-electron chi connectivity index (χ4n) is 2.32. The van der Waals surface area contributed by atoms with Crippen LogP contribution < -0.4 is 11.1 Å².